The maximum atomic E-state index is 12.7. The molecule has 3 rings (SSSR count). The van der Waals surface area contributed by atoms with Crippen LogP contribution in [0.4, 0.5) is 0 Å². The van der Waals surface area contributed by atoms with Crippen molar-refractivity contribution in [2.75, 3.05) is 0 Å². The van der Waals surface area contributed by atoms with E-state index in [9.17, 15) is 14.7 Å². The number of nitrogens with zero attached hydrogens (tertiary/aromatic N) is 1. The van der Waals surface area contributed by atoms with Crippen molar-refractivity contribution in [3.8, 4) is 0 Å². The van der Waals surface area contributed by atoms with Gasteiger partial charge in [0.1, 0.15) is 6.04 Å². The Bertz CT molecular complexity index is 767. The van der Waals surface area contributed by atoms with Crippen LogP contribution in [0, 0.1) is 0 Å². The smallest absolute Gasteiger partial charge is 0.326 e. The third kappa shape index (κ3) is 3.90. The van der Waals surface area contributed by atoms with Gasteiger partial charge in [0.2, 0.25) is 5.91 Å². The fourth-order valence-corrected chi connectivity index (χ4v) is 3.34. The van der Waals surface area contributed by atoms with Crippen molar-refractivity contribution in [1.82, 2.24) is 4.90 Å². The summed E-state index contributed by atoms with van der Waals surface area (Å²) in [6.45, 7) is 2.49. The van der Waals surface area contributed by atoms with Gasteiger partial charge in [-0.3, -0.25) is 4.79 Å². The minimum Gasteiger partial charge on any atom is -0.480 e. The lowest BCUT2D eigenvalue weighted by molar-refractivity contribution is -0.151. The number of rotatable bonds is 5. The van der Waals surface area contributed by atoms with Crippen LogP contribution in [0.15, 0.2) is 48.5 Å². The maximum Gasteiger partial charge on any atom is 0.326 e. The van der Waals surface area contributed by atoms with Gasteiger partial charge in [-0.2, -0.15) is 0 Å². The average molecular weight is 337 g/mol. The largest absolute Gasteiger partial charge is 0.480 e. The summed E-state index contributed by atoms with van der Waals surface area (Å²) >= 11 is 0. The van der Waals surface area contributed by atoms with Gasteiger partial charge in [0.05, 0.1) is 0 Å². The number of aliphatic carboxylic acids is 1. The molecule has 0 radical (unpaired) electrons. The predicted octanol–water partition coefficient (Wildman–Crippen LogP) is 3.22. The first-order valence-electron chi connectivity index (χ1n) is 8.75. The highest BCUT2D eigenvalue weighted by molar-refractivity contribution is 5.84. The van der Waals surface area contributed by atoms with E-state index >= 15 is 0 Å². The molecule has 130 valence electrons. The lowest BCUT2D eigenvalue weighted by atomic mass is 9.93. The Morgan fingerprint density at radius 2 is 1.68 bits per heavy atom. The summed E-state index contributed by atoms with van der Waals surface area (Å²) in [5, 5.41) is 9.53. The maximum absolute atomic E-state index is 12.7. The molecule has 1 aliphatic heterocycles. The van der Waals surface area contributed by atoms with Crippen molar-refractivity contribution in [2.24, 2.45) is 0 Å². The Labute approximate surface area is 148 Å². The van der Waals surface area contributed by atoms with Crippen LogP contribution < -0.4 is 0 Å². The van der Waals surface area contributed by atoms with E-state index in [-0.39, 0.29) is 5.91 Å². The van der Waals surface area contributed by atoms with E-state index < -0.39 is 12.0 Å². The molecule has 1 atom stereocenters. The minimum absolute atomic E-state index is 0.0959. The van der Waals surface area contributed by atoms with Gasteiger partial charge in [-0.15, -0.1) is 0 Å². The van der Waals surface area contributed by atoms with Crippen molar-refractivity contribution in [2.45, 2.75) is 45.2 Å². The Morgan fingerprint density at radius 1 is 1.04 bits per heavy atom. The van der Waals surface area contributed by atoms with Crippen molar-refractivity contribution in [1.29, 1.82) is 0 Å². The topological polar surface area (TPSA) is 57.6 Å². The number of carbonyl (C=O) groups excluding carboxylic acids is 1. The molecular formula is C21H23NO3. The van der Waals surface area contributed by atoms with E-state index in [1.165, 1.54) is 10.5 Å². The summed E-state index contributed by atoms with van der Waals surface area (Å²) in [5.74, 6) is -1.03. The number of fused-ring (bicyclic) bond motifs is 1. The highest BCUT2D eigenvalue weighted by Gasteiger charge is 2.33. The monoisotopic (exact) mass is 337 g/mol. The van der Waals surface area contributed by atoms with Crippen LogP contribution in [0.3, 0.4) is 0 Å². The van der Waals surface area contributed by atoms with Gasteiger partial charge >= 0.3 is 5.97 Å². The quantitative estimate of drug-likeness (QED) is 0.911. The molecule has 0 fully saturated rings. The van der Waals surface area contributed by atoms with Gasteiger partial charge in [0.15, 0.2) is 0 Å². The Balaban J connectivity index is 1.70. The van der Waals surface area contributed by atoms with E-state index in [1.54, 1.807) is 0 Å². The molecule has 25 heavy (non-hydrogen) atoms. The number of amides is 1. The first kappa shape index (κ1) is 17.2. The summed E-state index contributed by atoms with van der Waals surface area (Å²) in [4.78, 5) is 25.8. The van der Waals surface area contributed by atoms with Gasteiger partial charge in [-0.25, -0.2) is 4.79 Å². The molecule has 0 saturated heterocycles. The van der Waals surface area contributed by atoms with Crippen LogP contribution in [0.1, 0.15) is 35.6 Å². The molecule has 0 bridgehead atoms. The molecule has 1 heterocycles. The molecule has 0 aromatic heterocycles. The van der Waals surface area contributed by atoms with Crippen LogP contribution in [0.5, 0.6) is 0 Å². The van der Waals surface area contributed by atoms with E-state index in [0.29, 0.717) is 25.8 Å². The molecule has 1 amide bonds. The summed E-state index contributed by atoms with van der Waals surface area (Å²) < 4.78 is 0. The molecule has 2 aromatic rings. The summed E-state index contributed by atoms with van der Waals surface area (Å²) in [7, 11) is 0. The van der Waals surface area contributed by atoms with Crippen molar-refractivity contribution in [3.05, 3.63) is 70.8 Å². The summed E-state index contributed by atoms with van der Waals surface area (Å²) in [5.41, 5.74) is 4.44. The van der Waals surface area contributed by atoms with Gasteiger partial charge in [0.25, 0.3) is 0 Å². The molecule has 1 unspecified atom stereocenters. The van der Waals surface area contributed by atoms with E-state index in [1.807, 2.05) is 36.4 Å². The summed E-state index contributed by atoms with van der Waals surface area (Å²) in [6.07, 6.45) is 2.33. The molecule has 0 saturated carbocycles. The molecule has 0 spiro atoms. The second-order valence-electron chi connectivity index (χ2n) is 6.52. The number of hydrogen-bond donors (Lipinski definition) is 1. The fraction of sp³-hybridized carbons (Fsp3) is 0.333. The van der Waals surface area contributed by atoms with Crippen molar-refractivity contribution in [3.63, 3.8) is 0 Å². The van der Waals surface area contributed by atoms with Gasteiger partial charge in [-0.05, 0) is 35.1 Å². The number of hydrogen-bond acceptors (Lipinski definition) is 2. The molecule has 4 heteroatoms. The van der Waals surface area contributed by atoms with Crippen molar-refractivity contribution < 1.29 is 14.7 Å². The Kier molecular flexibility index (Phi) is 5.17. The second-order valence-corrected chi connectivity index (χ2v) is 6.52. The van der Waals surface area contributed by atoms with E-state index in [4.69, 9.17) is 0 Å². The number of carbonyl (C=O) groups is 2. The first-order valence-corrected chi connectivity index (χ1v) is 8.75. The third-order valence-electron chi connectivity index (χ3n) is 4.91. The highest BCUT2D eigenvalue weighted by atomic mass is 16.4. The van der Waals surface area contributed by atoms with Crippen LogP contribution in [0.25, 0.3) is 0 Å². The van der Waals surface area contributed by atoms with E-state index in [2.05, 4.69) is 19.1 Å². The average Bonchev–Trinajstić information content (AvgIpc) is 2.65. The number of benzene rings is 2. The van der Waals surface area contributed by atoms with E-state index in [0.717, 1.165) is 23.1 Å². The Morgan fingerprint density at radius 3 is 2.32 bits per heavy atom. The zero-order chi connectivity index (χ0) is 17.8. The second kappa shape index (κ2) is 7.51. The number of aryl methyl sites for hydroxylation is 2. The zero-order valence-electron chi connectivity index (χ0n) is 14.4. The van der Waals surface area contributed by atoms with Crippen LogP contribution in [-0.4, -0.2) is 27.9 Å². The lowest BCUT2D eigenvalue weighted by Gasteiger charge is -2.34. The molecule has 2 aromatic carbocycles. The highest BCUT2D eigenvalue weighted by Crippen LogP contribution is 2.24. The lowest BCUT2D eigenvalue weighted by Crippen LogP contribution is -2.48. The summed E-state index contributed by atoms with van der Waals surface area (Å²) in [6, 6.07) is 15.2. The molecule has 1 aliphatic rings. The van der Waals surface area contributed by atoms with Gasteiger partial charge in [0, 0.05) is 19.4 Å². The first-order chi connectivity index (χ1) is 12.1. The third-order valence-corrected chi connectivity index (χ3v) is 4.91. The normalized spacial score (nSPS) is 16.4. The molecule has 0 aliphatic carbocycles. The van der Waals surface area contributed by atoms with Crippen LogP contribution in [0.2, 0.25) is 0 Å². The van der Waals surface area contributed by atoms with Crippen LogP contribution >= 0.6 is 0 Å². The number of carboxylic acid groups (broad SMARTS) is 1. The van der Waals surface area contributed by atoms with Crippen LogP contribution in [-0.2, 0) is 35.4 Å². The molecular weight excluding hydrogens is 314 g/mol. The Hall–Kier alpha value is -2.62. The molecule has 4 nitrogen and oxygen atoms in total. The predicted molar refractivity (Wildman–Crippen MR) is 96.3 cm³/mol. The van der Waals surface area contributed by atoms with Gasteiger partial charge in [-0.1, -0.05) is 55.5 Å². The minimum atomic E-state index is -0.935. The van der Waals surface area contributed by atoms with Crippen molar-refractivity contribution >= 4 is 11.9 Å². The standard InChI is InChI=1S/C21H23NO3/c1-2-15-7-9-16(10-8-15)11-12-20(23)22-14-18-6-4-3-5-17(18)13-19(22)21(24)25/h3-10,19H,2,11-14H2,1H3,(H,24,25). The molecule has 1 N–H and O–H groups in total. The fourth-order valence-electron chi connectivity index (χ4n) is 3.34. The zero-order valence-corrected chi connectivity index (χ0v) is 14.4. The SMILES string of the molecule is CCc1ccc(CCC(=O)N2Cc3ccccc3CC2C(=O)O)cc1. The number of carboxylic acids is 1. The van der Waals surface area contributed by atoms with Gasteiger partial charge < -0.3 is 10.0 Å².